The highest BCUT2D eigenvalue weighted by molar-refractivity contribution is 5.21. The predicted octanol–water partition coefficient (Wildman–Crippen LogP) is 2.41. The molecule has 66 valence electrons. The molecule has 0 aliphatic heterocycles. The summed E-state index contributed by atoms with van der Waals surface area (Å²) in [6.45, 7) is 4.42. The van der Waals surface area contributed by atoms with E-state index < -0.39 is 0 Å². The first-order valence-corrected chi connectivity index (χ1v) is 4.89. The van der Waals surface area contributed by atoms with Crippen LogP contribution in [0.2, 0.25) is 0 Å². The largest absolute Gasteiger partial charge is 0.346 e. The third-order valence-corrected chi connectivity index (χ3v) is 2.73. The van der Waals surface area contributed by atoms with E-state index in [0.29, 0.717) is 5.92 Å². The van der Waals surface area contributed by atoms with Gasteiger partial charge in [-0.25, -0.2) is 4.98 Å². The molecule has 2 rings (SSSR count). The van der Waals surface area contributed by atoms with Crippen molar-refractivity contribution in [3.05, 3.63) is 17.2 Å². The molecule has 0 fully saturated rings. The zero-order chi connectivity index (χ0) is 8.55. The number of nitrogens with one attached hydrogen (secondary N) is 1. The van der Waals surface area contributed by atoms with Gasteiger partial charge in [-0.05, 0) is 19.3 Å². The monoisotopic (exact) mass is 164 g/mol. The van der Waals surface area contributed by atoms with Gasteiger partial charge in [0.15, 0.2) is 0 Å². The fourth-order valence-corrected chi connectivity index (χ4v) is 1.97. The van der Waals surface area contributed by atoms with Gasteiger partial charge in [0.25, 0.3) is 0 Å². The number of rotatable bonds is 1. The van der Waals surface area contributed by atoms with Gasteiger partial charge in [-0.1, -0.05) is 13.8 Å². The Hall–Kier alpha value is -0.790. The molecule has 1 heterocycles. The minimum atomic E-state index is 0.672. The van der Waals surface area contributed by atoms with Crippen molar-refractivity contribution in [2.24, 2.45) is 0 Å². The van der Waals surface area contributed by atoms with Crippen molar-refractivity contribution in [3.8, 4) is 0 Å². The molecule has 1 aliphatic carbocycles. The second kappa shape index (κ2) is 2.92. The lowest BCUT2D eigenvalue weighted by Crippen LogP contribution is -2.05. The van der Waals surface area contributed by atoms with Crippen LogP contribution >= 0.6 is 0 Å². The van der Waals surface area contributed by atoms with Crippen molar-refractivity contribution in [2.75, 3.05) is 0 Å². The molecule has 1 atom stereocenters. The number of imidazole rings is 1. The molecular weight excluding hydrogens is 148 g/mol. The van der Waals surface area contributed by atoms with Crippen molar-refractivity contribution in [3.63, 3.8) is 0 Å². The van der Waals surface area contributed by atoms with E-state index in [1.165, 1.54) is 30.7 Å². The lowest BCUT2D eigenvalue weighted by molar-refractivity contribution is 0.574. The Kier molecular flexibility index (Phi) is 1.91. The molecule has 1 N–H and O–H groups in total. The topological polar surface area (TPSA) is 28.7 Å². The van der Waals surface area contributed by atoms with Crippen molar-refractivity contribution in [1.82, 2.24) is 9.97 Å². The molecule has 0 radical (unpaired) electrons. The van der Waals surface area contributed by atoms with Gasteiger partial charge >= 0.3 is 0 Å². The Labute approximate surface area is 73.4 Å². The first-order chi connectivity index (χ1) is 5.81. The Morgan fingerprint density at radius 1 is 1.58 bits per heavy atom. The number of aromatic amines is 1. The molecule has 1 aromatic rings. The van der Waals surface area contributed by atoms with Gasteiger partial charge in [-0.2, -0.15) is 0 Å². The van der Waals surface area contributed by atoms with Gasteiger partial charge in [-0.15, -0.1) is 0 Å². The predicted molar refractivity (Wildman–Crippen MR) is 49.3 cm³/mol. The molecule has 0 amide bonds. The van der Waals surface area contributed by atoms with Crippen molar-refractivity contribution in [1.29, 1.82) is 0 Å². The summed E-state index contributed by atoms with van der Waals surface area (Å²) in [5.74, 6) is 1.83. The van der Waals surface area contributed by atoms with E-state index >= 15 is 0 Å². The van der Waals surface area contributed by atoms with Crippen molar-refractivity contribution >= 4 is 0 Å². The summed E-state index contributed by atoms with van der Waals surface area (Å²) in [7, 11) is 0. The van der Waals surface area contributed by atoms with Crippen LogP contribution in [0.4, 0.5) is 0 Å². The quantitative estimate of drug-likeness (QED) is 0.678. The fraction of sp³-hybridized carbons (Fsp3) is 0.700. The smallest absolute Gasteiger partial charge is 0.106 e. The maximum Gasteiger partial charge on any atom is 0.106 e. The van der Waals surface area contributed by atoms with Crippen LogP contribution in [0, 0.1) is 0 Å². The lowest BCUT2D eigenvalue weighted by Gasteiger charge is -2.15. The molecule has 0 aromatic carbocycles. The molecule has 0 saturated carbocycles. The average Bonchev–Trinajstić information content (AvgIpc) is 2.49. The summed E-state index contributed by atoms with van der Waals surface area (Å²) in [5, 5.41) is 0. The first kappa shape index (κ1) is 7.84. The summed E-state index contributed by atoms with van der Waals surface area (Å²) >= 11 is 0. The Morgan fingerprint density at radius 2 is 2.42 bits per heavy atom. The average molecular weight is 164 g/mol. The van der Waals surface area contributed by atoms with E-state index in [0.717, 1.165) is 12.2 Å². The summed E-state index contributed by atoms with van der Waals surface area (Å²) in [5.41, 5.74) is 2.73. The number of aryl methyl sites for hydroxylation is 2. The van der Waals surface area contributed by atoms with Gasteiger partial charge in [0.2, 0.25) is 0 Å². The van der Waals surface area contributed by atoms with E-state index in [4.69, 9.17) is 0 Å². The number of H-pyrrole nitrogens is 1. The molecule has 2 heteroatoms. The Balaban J connectivity index is 2.37. The van der Waals surface area contributed by atoms with Crippen LogP contribution in [0.3, 0.4) is 0 Å². The molecule has 12 heavy (non-hydrogen) atoms. The molecule has 1 aromatic heterocycles. The van der Waals surface area contributed by atoms with E-state index in [-0.39, 0.29) is 0 Å². The lowest BCUT2D eigenvalue weighted by atomic mass is 9.92. The molecular formula is C10H16N2. The van der Waals surface area contributed by atoms with E-state index in [1.807, 2.05) is 0 Å². The van der Waals surface area contributed by atoms with Gasteiger partial charge in [-0.3, -0.25) is 0 Å². The molecule has 1 unspecified atom stereocenters. The third kappa shape index (κ3) is 1.15. The van der Waals surface area contributed by atoms with E-state index in [2.05, 4.69) is 23.8 Å². The maximum atomic E-state index is 4.59. The zero-order valence-corrected chi connectivity index (χ0v) is 7.85. The van der Waals surface area contributed by atoms with Gasteiger partial charge < -0.3 is 4.98 Å². The number of hydrogen-bond acceptors (Lipinski definition) is 1. The third-order valence-electron chi connectivity index (χ3n) is 2.73. The molecule has 0 spiro atoms. The summed E-state index contributed by atoms with van der Waals surface area (Å²) < 4.78 is 0. The number of fused-ring (bicyclic) bond motifs is 1. The van der Waals surface area contributed by atoms with Crippen molar-refractivity contribution in [2.45, 2.75) is 45.4 Å². The van der Waals surface area contributed by atoms with E-state index in [1.54, 1.807) is 0 Å². The number of hydrogen-bond donors (Lipinski definition) is 1. The highest BCUT2D eigenvalue weighted by Crippen LogP contribution is 2.29. The van der Waals surface area contributed by atoms with Crippen LogP contribution in [0.15, 0.2) is 0 Å². The normalized spacial score (nSPS) is 22.3. The summed E-state index contributed by atoms with van der Waals surface area (Å²) in [6, 6.07) is 0. The summed E-state index contributed by atoms with van der Waals surface area (Å²) in [6.07, 6.45) is 4.85. The minimum Gasteiger partial charge on any atom is -0.346 e. The van der Waals surface area contributed by atoms with Crippen LogP contribution in [-0.4, -0.2) is 9.97 Å². The zero-order valence-electron chi connectivity index (χ0n) is 7.85. The molecule has 2 nitrogen and oxygen atoms in total. The molecule has 1 aliphatic rings. The van der Waals surface area contributed by atoms with E-state index in [9.17, 15) is 0 Å². The molecule has 0 bridgehead atoms. The van der Waals surface area contributed by atoms with Gasteiger partial charge in [0.1, 0.15) is 5.82 Å². The van der Waals surface area contributed by atoms with Crippen LogP contribution in [0.25, 0.3) is 0 Å². The van der Waals surface area contributed by atoms with Crippen molar-refractivity contribution < 1.29 is 0 Å². The maximum absolute atomic E-state index is 4.59. The van der Waals surface area contributed by atoms with Gasteiger partial charge in [0.05, 0.1) is 5.69 Å². The van der Waals surface area contributed by atoms with Crippen LogP contribution in [0.1, 0.15) is 49.8 Å². The second-order valence-corrected chi connectivity index (χ2v) is 3.69. The van der Waals surface area contributed by atoms with Gasteiger partial charge in [0, 0.05) is 18.0 Å². The van der Waals surface area contributed by atoms with Crippen LogP contribution in [-0.2, 0) is 12.8 Å². The Morgan fingerprint density at radius 3 is 3.08 bits per heavy atom. The Bertz CT molecular complexity index is 275. The summed E-state index contributed by atoms with van der Waals surface area (Å²) in [4.78, 5) is 8.00. The van der Waals surface area contributed by atoms with Crippen LogP contribution in [0.5, 0.6) is 0 Å². The minimum absolute atomic E-state index is 0.672. The fourth-order valence-electron chi connectivity index (χ4n) is 1.97. The number of aromatic nitrogens is 2. The number of nitrogens with zero attached hydrogens (tertiary/aromatic N) is 1. The second-order valence-electron chi connectivity index (χ2n) is 3.69. The standard InChI is InChI=1S/C10H16N2/c1-3-9-11-8-6-4-5-7(2)10(8)12-9/h7H,3-6H2,1-2H3,(H,11,12). The highest BCUT2D eigenvalue weighted by atomic mass is 14.9. The SMILES string of the molecule is CCc1nc2c([nH]1)CCCC2C. The highest BCUT2D eigenvalue weighted by Gasteiger charge is 2.19. The molecule has 0 saturated heterocycles. The first-order valence-electron chi connectivity index (χ1n) is 4.89. The van der Waals surface area contributed by atoms with Crippen LogP contribution < -0.4 is 0 Å².